The van der Waals surface area contributed by atoms with Gasteiger partial charge in [0.2, 0.25) is 10.0 Å². The van der Waals surface area contributed by atoms with E-state index in [1.54, 1.807) is 24.8 Å². The second-order valence-corrected chi connectivity index (χ2v) is 9.74. The van der Waals surface area contributed by atoms with Gasteiger partial charge in [-0.15, -0.1) is 0 Å². The number of anilines is 1. The normalized spacial score (nSPS) is 14.5. The number of hydrogen-bond donors (Lipinski definition) is 0. The second kappa shape index (κ2) is 10.4. The molecule has 1 fully saturated rings. The summed E-state index contributed by atoms with van der Waals surface area (Å²) >= 11 is 0. The number of sulfonamides is 1. The molecule has 0 atom stereocenters. The van der Waals surface area contributed by atoms with Gasteiger partial charge < -0.3 is 14.5 Å². The van der Waals surface area contributed by atoms with Crippen LogP contribution in [0.15, 0.2) is 47.4 Å². The zero-order valence-corrected chi connectivity index (χ0v) is 20.4. The van der Waals surface area contributed by atoms with E-state index < -0.39 is 10.0 Å². The van der Waals surface area contributed by atoms with Gasteiger partial charge in [0.15, 0.2) is 5.78 Å². The highest BCUT2D eigenvalue weighted by Crippen LogP contribution is 2.28. The van der Waals surface area contributed by atoms with Gasteiger partial charge in [-0.25, -0.2) is 8.42 Å². The average molecular weight is 474 g/mol. The van der Waals surface area contributed by atoms with Crippen LogP contribution in [-0.4, -0.2) is 75.7 Å². The molecule has 9 heteroatoms. The molecule has 8 nitrogen and oxygen atoms in total. The van der Waals surface area contributed by atoms with Crippen molar-refractivity contribution in [3.8, 4) is 5.75 Å². The molecule has 0 N–H and O–H groups in total. The smallest absolute Gasteiger partial charge is 0.254 e. The lowest BCUT2D eigenvalue weighted by atomic mass is 10.1. The summed E-state index contributed by atoms with van der Waals surface area (Å²) in [6, 6.07) is 12.0. The Kier molecular flexibility index (Phi) is 7.76. The third-order valence-corrected chi connectivity index (χ3v) is 8.01. The average Bonchev–Trinajstić information content (AvgIpc) is 2.84. The molecule has 1 heterocycles. The van der Waals surface area contributed by atoms with Crippen LogP contribution in [0.2, 0.25) is 0 Å². The van der Waals surface area contributed by atoms with Crippen molar-refractivity contribution in [1.29, 1.82) is 0 Å². The first-order valence-corrected chi connectivity index (χ1v) is 12.5. The first-order valence-electron chi connectivity index (χ1n) is 11.1. The van der Waals surface area contributed by atoms with Crippen molar-refractivity contribution in [1.82, 2.24) is 9.21 Å². The number of carbonyl (C=O) groups is 2. The molecular weight excluding hydrogens is 442 g/mol. The van der Waals surface area contributed by atoms with Gasteiger partial charge in [-0.1, -0.05) is 13.8 Å². The minimum absolute atomic E-state index is 0.00347. The Bertz CT molecular complexity index is 1100. The van der Waals surface area contributed by atoms with E-state index in [4.69, 9.17) is 4.74 Å². The summed E-state index contributed by atoms with van der Waals surface area (Å²) < 4.78 is 32.8. The number of rotatable bonds is 8. The highest BCUT2D eigenvalue weighted by Gasteiger charge is 2.28. The van der Waals surface area contributed by atoms with Crippen molar-refractivity contribution in [2.24, 2.45) is 0 Å². The minimum atomic E-state index is -3.78. The Hall–Kier alpha value is -2.91. The molecule has 0 bridgehead atoms. The fraction of sp³-hybridized carbons (Fsp3) is 0.417. The molecule has 3 rings (SSSR count). The predicted octanol–water partition coefficient (Wildman–Crippen LogP) is 2.89. The number of ether oxygens (including phenoxy) is 1. The van der Waals surface area contributed by atoms with E-state index in [1.165, 1.54) is 30.5 Å². The topological polar surface area (TPSA) is 87.2 Å². The molecule has 0 saturated carbocycles. The summed E-state index contributed by atoms with van der Waals surface area (Å²) in [6.45, 7) is 8.06. The van der Waals surface area contributed by atoms with Gasteiger partial charge in [0, 0.05) is 56.1 Å². The predicted molar refractivity (Wildman–Crippen MR) is 128 cm³/mol. The fourth-order valence-corrected chi connectivity index (χ4v) is 5.61. The number of benzene rings is 2. The molecule has 0 unspecified atom stereocenters. The number of amides is 1. The summed E-state index contributed by atoms with van der Waals surface area (Å²) in [5.41, 5.74) is 1.99. The van der Waals surface area contributed by atoms with Crippen molar-refractivity contribution < 1.29 is 22.7 Å². The lowest BCUT2D eigenvalue weighted by Crippen LogP contribution is -2.48. The van der Waals surface area contributed by atoms with Crippen molar-refractivity contribution >= 4 is 27.4 Å². The van der Waals surface area contributed by atoms with Crippen LogP contribution >= 0.6 is 0 Å². The van der Waals surface area contributed by atoms with E-state index in [1.807, 2.05) is 24.3 Å². The molecule has 2 aromatic rings. The Morgan fingerprint density at radius 3 is 2.03 bits per heavy atom. The molecule has 2 aromatic carbocycles. The first kappa shape index (κ1) is 24.7. The highest BCUT2D eigenvalue weighted by molar-refractivity contribution is 7.89. The maximum atomic E-state index is 13.2. The van der Waals surface area contributed by atoms with Crippen LogP contribution < -0.4 is 9.64 Å². The standard InChI is InChI=1S/C24H31N3O5S/c1-5-27(6-2)33(30,31)23-17-20(9-12-22(23)32-4)24(29)26-15-13-25(14-16-26)21-10-7-19(8-11-21)18(3)28/h7-12,17H,5-6,13-16H2,1-4H3. The van der Waals surface area contributed by atoms with E-state index >= 15 is 0 Å². The van der Waals surface area contributed by atoms with Gasteiger partial charge >= 0.3 is 0 Å². The SMILES string of the molecule is CCN(CC)S(=O)(=O)c1cc(C(=O)N2CCN(c3ccc(C(C)=O)cc3)CC2)ccc1OC. The number of hydrogen-bond acceptors (Lipinski definition) is 6. The number of piperazine rings is 1. The van der Waals surface area contributed by atoms with E-state index in [-0.39, 0.29) is 22.3 Å². The van der Waals surface area contributed by atoms with Crippen LogP contribution in [0.4, 0.5) is 5.69 Å². The van der Waals surface area contributed by atoms with Crippen LogP contribution in [0.3, 0.4) is 0 Å². The van der Waals surface area contributed by atoms with Gasteiger partial charge in [-0.2, -0.15) is 4.31 Å². The fourth-order valence-electron chi connectivity index (χ4n) is 3.97. The van der Waals surface area contributed by atoms with Crippen molar-refractivity contribution in [2.45, 2.75) is 25.7 Å². The van der Waals surface area contributed by atoms with Gasteiger partial charge in [0.05, 0.1) is 7.11 Å². The van der Waals surface area contributed by atoms with E-state index in [0.29, 0.717) is 50.4 Å². The van der Waals surface area contributed by atoms with Gasteiger partial charge in [-0.05, 0) is 49.4 Å². The van der Waals surface area contributed by atoms with Crippen LogP contribution in [0.25, 0.3) is 0 Å². The van der Waals surface area contributed by atoms with E-state index in [0.717, 1.165) is 5.69 Å². The Morgan fingerprint density at radius 2 is 1.52 bits per heavy atom. The lowest BCUT2D eigenvalue weighted by Gasteiger charge is -2.36. The molecule has 0 aromatic heterocycles. The molecule has 0 radical (unpaired) electrons. The Morgan fingerprint density at radius 1 is 0.939 bits per heavy atom. The second-order valence-electron chi connectivity index (χ2n) is 7.84. The summed E-state index contributed by atoms with van der Waals surface area (Å²) in [6.07, 6.45) is 0. The molecular formula is C24H31N3O5S. The molecule has 178 valence electrons. The van der Waals surface area contributed by atoms with E-state index in [9.17, 15) is 18.0 Å². The molecule has 1 saturated heterocycles. The Labute approximate surface area is 195 Å². The first-order chi connectivity index (χ1) is 15.7. The van der Waals surface area contributed by atoms with Gasteiger partial charge in [-0.3, -0.25) is 9.59 Å². The van der Waals surface area contributed by atoms with Gasteiger partial charge in [0.1, 0.15) is 10.6 Å². The number of carbonyl (C=O) groups excluding carboxylic acids is 2. The maximum Gasteiger partial charge on any atom is 0.254 e. The maximum absolute atomic E-state index is 13.2. The minimum Gasteiger partial charge on any atom is -0.495 e. The number of methoxy groups -OCH3 is 1. The summed E-state index contributed by atoms with van der Waals surface area (Å²) in [7, 11) is -2.36. The molecule has 0 spiro atoms. The largest absolute Gasteiger partial charge is 0.495 e. The van der Waals surface area contributed by atoms with Crippen molar-refractivity contribution in [3.63, 3.8) is 0 Å². The molecule has 1 amide bonds. The van der Waals surface area contributed by atoms with E-state index in [2.05, 4.69) is 4.90 Å². The molecule has 1 aliphatic heterocycles. The monoisotopic (exact) mass is 473 g/mol. The molecule has 33 heavy (non-hydrogen) atoms. The van der Waals surface area contributed by atoms with Crippen molar-refractivity contribution in [2.75, 3.05) is 51.3 Å². The molecule has 0 aliphatic carbocycles. The van der Waals surface area contributed by atoms with Crippen LogP contribution in [-0.2, 0) is 10.0 Å². The lowest BCUT2D eigenvalue weighted by molar-refractivity contribution is 0.0746. The zero-order chi connectivity index (χ0) is 24.2. The number of nitrogens with zero attached hydrogens (tertiary/aromatic N) is 3. The number of Topliss-reactive ketones (excluding diaryl/α,β-unsaturated/α-hetero) is 1. The number of ketones is 1. The van der Waals surface area contributed by atoms with Crippen LogP contribution in [0.1, 0.15) is 41.5 Å². The van der Waals surface area contributed by atoms with Gasteiger partial charge in [0.25, 0.3) is 5.91 Å². The van der Waals surface area contributed by atoms with Crippen LogP contribution in [0.5, 0.6) is 5.75 Å². The zero-order valence-electron chi connectivity index (χ0n) is 19.6. The summed E-state index contributed by atoms with van der Waals surface area (Å²) in [4.78, 5) is 28.5. The third-order valence-electron chi connectivity index (χ3n) is 5.94. The highest BCUT2D eigenvalue weighted by atomic mass is 32.2. The third kappa shape index (κ3) is 5.20. The quantitative estimate of drug-likeness (QED) is 0.548. The Balaban J connectivity index is 1.76. The summed E-state index contributed by atoms with van der Waals surface area (Å²) in [5.74, 6) is 0.0383. The van der Waals surface area contributed by atoms with Crippen molar-refractivity contribution in [3.05, 3.63) is 53.6 Å². The van der Waals surface area contributed by atoms with Crippen LogP contribution in [0, 0.1) is 0 Å². The molecule has 1 aliphatic rings. The summed E-state index contributed by atoms with van der Waals surface area (Å²) in [5, 5.41) is 0.